The van der Waals surface area contributed by atoms with Crippen LogP contribution in [0.4, 0.5) is 15.8 Å². The van der Waals surface area contributed by atoms with Crippen LogP contribution in [0.5, 0.6) is 5.75 Å². The number of fused-ring (bicyclic) bond motifs is 1. The van der Waals surface area contributed by atoms with Gasteiger partial charge in [0, 0.05) is 28.4 Å². The fourth-order valence-corrected chi connectivity index (χ4v) is 2.64. The lowest BCUT2D eigenvalue weighted by molar-refractivity contribution is -0.136. The number of hydrogen-bond acceptors (Lipinski definition) is 4. The first-order valence-corrected chi connectivity index (χ1v) is 7.30. The minimum atomic E-state index is -1.00. The molecule has 3 N–H and O–H groups in total. The molecule has 24 heavy (non-hydrogen) atoms. The van der Waals surface area contributed by atoms with E-state index < -0.39 is 11.8 Å². The maximum absolute atomic E-state index is 13.7. The molecule has 0 fully saturated rings. The minimum Gasteiger partial charge on any atom is -0.508 e. The zero-order valence-electron chi connectivity index (χ0n) is 12.9. The van der Waals surface area contributed by atoms with Gasteiger partial charge in [-0.2, -0.15) is 0 Å². The highest BCUT2D eigenvalue weighted by molar-refractivity contribution is 5.96. The molecule has 3 aromatic rings. The molecule has 0 radical (unpaired) electrons. The summed E-state index contributed by atoms with van der Waals surface area (Å²) in [5.41, 5.74) is 2.64. The number of carboxylic acid groups (broad SMARTS) is 1. The second-order valence-corrected chi connectivity index (χ2v) is 5.46. The Labute approximate surface area is 137 Å². The van der Waals surface area contributed by atoms with Gasteiger partial charge in [-0.05, 0) is 37.3 Å². The third-order valence-corrected chi connectivity index (χ3v) is 3.70. The lowest BCUT2D eigenvalue weighted by Gasteiger charge is -2.16. The van der Waals surface area contributed by atoms with Gasteiger partial charge in [0.15, 0.2) is 0 Å². The molecule has 0 bridgehead atoms. The van der Waals surface area contributed by atoms with Crippen LogP contribution in [0.15, 0.2) is 42.5 Å². The summed E-state index contributed by atoms with van der Waals surface area (Å²) in [5.74, 6) is -1.37. The first-order valence-electron chi connectivity index (χ1n) is 7.30. The molecule has 0 spiro atoms. The van der Waals surface area contributed by atoms with Crippen LogP contribution in [0, 0.1) is 12.7 Å². The number of nitrogens with zero attached hydrogens (tertiary/aromatic N) is 1. The number of benzene rings is 2. The summed E-state index contributed by atoms with van der Waals surface area (Å²) >= 11 is 0. The molecule has 6 heteroatoms. The molecule has 0 atom stereocenters. The summed E-state index contributed by atoms with van der Waals surface area (Å²) in [4.78, 5) is 15.6. The number of aliphatic carboxylic acids is 1. The van der Waals surface area contributed by atoms with Crippen molar-refractivity contribution in [1.29, 1.82) is 0 Å². The summed E-state index contributed by atoms with van der Waals surface area (Å²) in [5, 5.41) is 22.4. The molecule has 2 aromatic carbocycles. The van der Waals surface area contributed by atoms with Gasteiger partial charge < -0.3 is 15.5 Å². The van der Waals surface area contributed by atoms with Gasteiger partial charge in [0.2, 0.25) is 0 Å². The Balaban J connectivity index is 2.23. The zero-order chi connectivity index (χ0) is 17.3. The van der Waals surface area contributed by atoms with E-state index in [1.54, 1.807) is 25.1 Å². The van der Waals surface area contributed by atoms with Gasteiger partial charge in [-0.15, -0.1) is 0 Å². The Hall–Kier alpha value is -3.15. The van der Waals surface area contributed by atoms with E-state index >= 15 is 0 Å². The number of aromatic hydroxyl groups is 1. The number of nitrogens with one attached hydrogen (secondary N) is 1. The molecule has 0 aliphatic heterocycles. The molecule has 3 rings (SSSR count). The third-order valence-electron chi connectivity index (χ3n) is 3.70. The molecule has 1 aromatic heterocycles. The Morgan fingerprint density at radius 2 is 2.04 bits per heavy atom. The maximum Gasteiger partial charge on any atom is 0.307 e. The number of pyridine rings is 1. The van der Waals surface area contributed by atoms with Gasteiger partial charge in [-0.3, -0.25) is 9.78 Å². The van der Waals surface area contributed by atoms with Crippen molar-refractivity contribution < 1.29 is 19.4 Å². The average Bonchev–Trinajstić information content (AvgIpc) is 2.51. The maximum atomic E-state index is 13.7. The van der Waals surface area contributed by atoms with E-state index in [0.717, 1.165) is 0 Å². The molecular weight excluding hydrogens is 311 g/mol. The smallest absolute Gasteiger partial charge is 0.307 e. The standard InChI is InChI=1S/C18H15FN2O3/c1-10-14(9-17(23)24)18(21-12-3-2-4-13(22)8-12)15-7-11(19)5-6-16(15)20-10/h2-8,22H,9H2,1H3,(H,20,21)(H,23,24). The quantitative estimate of drug-likeness (QED) is 0.680. The summed E-state index contributed by atoms with van der Waals surface area (Å²) in [6.45, 7) is 1.72. The van der Waals surface area contributed by atoms with Crippen LogP contribution in [0.3, 0.4) is 0 Å². The number of aryl methyl sites for hydroxylation is 1. The van der Waals surface area contributed by atoms with Gasteiger partial charge in [0.05, 0.1) is 17.6 Å². The van der Waals surface area contributed by atoms with Crippen LogP contribution in [-0.4, -0.2) is 21.2 Å². The molecule has 0 aliphatic carbocycles. The van der Waals surface area contributed by atoms with Crippen molar-refractivity contribution in [2.45, 2.75) is 13.3 Å². The minimum absolute atomic E-state index is 0.0704. The van der Waals surface area contributed by atoms with Crippen molar-refractivity contribution in [2.75, 3.05) is 5.32 Å². The second kappa shape index (κ2) is 6.16. The lowest BCUT2D eigenvalue weighted by atomic mass is 10.0. The van der Waals surface area contributed by atoms with E-state index in [2.05, 4.69) is 10.3 Å². The number of phenolic OH excluding ortho intramolecular Hbond substituents is 1. The number of halogens is 1. The SMILES string of the molecule is Cc1nc2ccc(F)cc2c(Nc2cccc(O)c2)c1CC(=O)O. The summed E-state index contributed by atoms with van der Waals surface area (Å²) in [6, 6.07) is 10.6. The largest absolute Gasteiger partial charge is 0.508 e. The van der Waals surface area contributed by atoms with Crippen LogP contribution in [0.1, 0.15) is 11.3 Å². The number of aromatic nitrogens is 1. The molecule has 0 saturated carbocycles. The van der Waals surface area contributed by atoms with E-state index in [4.69, 9.17) is 0 Å². The van der Waals surface area contributed by atoms with Gasteiger partial charge >= 0.3 is 5.97 Å². The van der Waals surface area contributed by atoms with Gasteiger partial charge in [-0.1, -0.05) is 6.07 Å². The monoisotopic (exact) mass is 326 g/mol. The van der Waals surface area contributed by atoms with Crippen molar-refractivity contribution >= 4 is 28.2 Å². The third kappa shape index (κ3) is 3.12. The van der Waals surface area contributed by atoms with Crippen LogP contribution >= 0.6 is 0 Å². The van der Waals surface area contributed by atoms with Crippen molar-refractivity contribution in [2.24, 2.45) is 0 Å². The van der Waals surface area contributed by atoms with E-state index in [-0.39, 0.29) is 12.2 Å². The number of phenols is 1. The topological polar surface area (TPSA) is 82.5 Å². The fraction of sp³-hybridized carbons (Fsp3) is 0.111. The van der Waals surface area contributed by atoms with Crippen LogP contribution in [0.25, 0.3) is 10.9 Å². The predicted octanol–water partition coefficient (Wildman–Crippen LogP) is 3.76. The molecule has 0 saturated heterocycles. The second-order valence-electron chi connectivity index (χ2n) is 5.46. The normalized spacial score (nSPS) is 10.8. The molecule has 1 heterocycles. The zero-order valence-corrected chi connectivity index (χ0v) is 12.9. The van der Waals surface area contributed by atoms with Crippen molar-refractivity contribution in [1.82, 2.24) is 4.98 Å². The molecule has 122 valence electrons. The molecule has 0 aliphatic rings. The lowest BCUT2D eigenvalue weighted by Crippen LogP contribution is -2.08. The van der Waals surface area contributed by atoms with Crippen LogP contribution < -0.4 is 5.32 Å². The number of anilines is 2. The first-order chi connectivity index (χ1) is 11.4. The summed E-state index contributed by atoms with van der Waals surface area (Å²) < 4.78 is 13.7. The van der Waals surface area contributed by atoms with Gasteiger partial charge in [-0.25, -0.2) is 4.39 Å². The molecular formula is C18H15FN2O3. The van der Waals surface area contributed by atoms with Crippen molar-refractivity contribution in [3.63, 3.8) is 0 Å². The van der Waals surface area contributed by atoms with Gasteiger partial charge in [0.1, 0.15) is 11.6 Å². The predicted molar refractivity (Wildman–Crippen MR) is 89.2 cm³/mol. The highest BCUT2D eigenvalue weighted by Crippen LogP contribution is 2.32. The summed E-state index contributed by atoms with van der Waals surface area (Å²) in [6.07, 6.45) is -0.244. The van der Waals surface area contributed by atoms with Crippen LogP contribution in [0.2, 0.25) is 0 Å². The van der Waals surface area contributed by atoms with E-state index in [1.807, 2.05) is 0 Å². The van der Waals surface area contributed by atoms with E-state index in [0.29, 0.717) is 33.5 Å². The number of carbonyl (C=O) groups is 1. The van der Waals surface area contributed by atoms with Gasteiger partial charge in [0.25, 0.3) is 0 Å². The molecule has 0 amide bonds. The first kappa shape index (κ1) is 15.7. The van der Waals surface area contributed by atoms with E-state index in [1.165, 1.54) is 24.3 Å². The summed E-state index contributed by atoms with van der Waals surface area (Å²) in [7, 11) is 0. The number of rotatable bonds is 4. The Bertz CT molecular complexity index is 941. The van der Waals surface area contributed by atoms with E-state index in [9.17, 15) is 19.4 Å². The fourth-order valence-electron chi connectivity index (χ4n) is 2.64. The van der Waals surface area contributed by atoms with Crippen molar-refractivity contribution in [3.8, 4) is 5.75 Å². The van der Waals surface area contributed by atoms with Crippen molar-refractivity contribution in [3.05, 3.63) is 59.5 Å². The number of carboxylic acids is 1. The van der Waals surface area contributed by atoms with Crippen LogP contribution in [-0.2, 0) is 11.2 Å². The highest BCUT2D eigenvalue weighted by Gasteiger charge is 2.16. The Kier molecular flexibility index (Phi) is 4.04. The number of hydrogen-bond donors (Lipinski definition) is 3. The Morgan fingerprint density at radius 1 is 1.25 bits per heavy atom. The molecule has 5 nitrogen and oxygen atoms in total. The molecule has 0 unspecified atom stereocenters. The average molecular weight is 326 g/mol. The Morgan fingerprint density at radius 3 is 2.75 bits per heavy atom. The highest BCUT2D eigenvalue weighted by atomic mass is 19.1.